The Hall–Kier alpha value is -3.52. The monoisotopic (exact) mass is 338 g/mol. The standard InChI is InChI=1S/C14H10.C10H8O2/c1-2-6-12-10-14-8-4-3-7-13(14)9-11(12)5-1;11-9-3-1-7-2-4-10(12)6-8(7)5-9/h1-10H;1-6,11-12H. The van der Waals surface area contributed by atoms with E-state index >= 15 is 0 Å². The van der Waals surface area contributed by atoms with Crippen molar-refractivity contribution >= 4 is 32.3 Å². The summed E-state index contributed by atoms with van der Waals surface area (Å²) in [6.45, 7) is 0. The van der Waals surface area contributed by atoms with Gasteiger partial charge in [0.25, 0.3) is 0 Å². The third kappa shape index (κ3) is 3.31. The molecule has 0 bridgehead atoms. The molecule has 0 heterocycles. The number of aromatic hydroxyl groups is 2. The van der Waals surface area contributed by atoms with Crippen LogP contribution >= 0.6 is 0 Å². The zero-order chi connectivity index (χ0) is 17.9. The van der Waals surface area contributed by atoms with Crippen LogP contribution < -0.4 is 0 Å². The average molecular weight is 338 g/mol. The molecule has 0 fully saturated rings. The highest BCUT2D eigenvalue weighted by atomic mass is 16.3. The molecular weight excluding hydrogens is 320 g/mol. The van der Waals surface area contributed by atoms with Crippen LogP contribution in [0.25, 0.3) is 32.3 Å². The van der Waals surface area contributed by atoms with Crippen LogP contribution in [0, 0.1) is 0 Å². The van der Waals surface area contributed by atoms with Crippen LogP contribution in [0.5, 0.6) is 11.5 Å². The van der Waals surface area contributed by atoms with Gasteiger partial charge in [-0.2, -0.15) is 0 Å². The Morgan fingerprint density at radius 2 is 0.731 bits per heavy atom. The normalized spacial score (nSPS) is 10.6. The molecule has 0 aliphatic heterocycles. The lowest BCUT2D eigenvalue weighted by molar-refractivity contribution is 0.474. The fourth-order valence-corrected chi connectivity index (χ4v) is 3.10. The molecule has 5 aromatic rings. The van der Waals surface area contributed by atoms with Crippen LogP contribution in [0.15, 0.2) is 97.1 Å². The zero-order valence-electron chi connectivity index (χ0n) is 14.1. The predicted octanol–water partition coefficient (Wildman–Crippen LogP) is 6.24. The minimum absolute atomic E-state index is 0.216. The second kappa shape index (κ2) is 6.77. The molecule has 0 aromatic heterocycles. The van der Waals surface area contributed by atoms with E-state index in [9.17, 15) is 0 Å². The molecule has 26 heavy (non-hydrogen) atoms. The molecule has 0 atom stereocenters. The number of benzene rings is 5. The lowest BCUT2D eigenvalue weighted by Crippen LogP contribution is -1.74. The van der Waals surface area contributed by atoms with Gasteiger partial charge < -0.3 is 10.2 Å². The summed E-state index contributed by atoms with van der Waals surface area (Å²) in [5.74, 6) is 0.432. The lowest BCUT2D eigenvalue weighted by Gasteiger charge is -2.00. The van der Waals surface area contributed by atoms with E-state index in [0.717, 1.165) is 10.8 Å². The third-order valence-electron chi connectivity index (χ3n) is 4.42. The molecule has 0 saturated carbocycles. The molecule has 0 saturated heterocycles. The van der Waals surface area contributed by atoms with Crippen molar-refractivity contribution in [1.29, 1.82) is 0 Å². The van der Waals surface area contributed by atoms with E-state index in [1.54, 1.807) is 24.3 Å². The molecular formula is C24H18O2. The first-order chi connectivity index (χ1) is 12.7. The number of hydrogen-bond donors (Lipinski definition) is 2. The second-order valence-electron chi connectivity index (χ2n) is 6.26. The van der Waals surface area contributed by atoms with Gasteiger partial charge in [-0.1, -0.05) is 60.7 Å². The van der Waals surface area contributed by atoms with Gasteiger partial charge in [0.1, 0.15) is 11.5 Å². The molecule has 0 spiro atoms. The largest absolute Gasteiger partial charge is 0.508 e. The number of rotatable bonds is 0. The van der Waals surface area contributed by atoms with Crippen LogP contribution in [0.3, 0.4) is 0 Å². The van der Waals surface area contributed by atoms with Crippen LogP contribution in [0.4, 0.5) is 0 Å². The van der Waals surface area contributed by atoms with Crippen molar-refractivity contribution < 1.29 is 10.2 Å². The number of phenols is 2. The van der Waals surface area contributed by atoms with E-state index in [1.807, 2.05) is 12.1 Å². The smallest absolute Gasteiger partial charge is 0.116 e. The molecule has 126 valence electrons. The zero-order valence-corrected chi connectivity index (χ0v) is 14.1. The Morgan fingerprint density at radius 3 is 1.12 bits per heavy atom. The topological polar surface area (TPSA) is 40.5 Å². The van der Waals surface area contributed by atoms with E-state index in [1.165, 1.54) is 21.5 Å². The maximum Gasteiger partial charge on any atom is 0.116 e. The maximum atomic E-state index is 9.14. The number of hydrogen-bond acceptors (Lipinski definition) is 2. The number of phenolic OH excluding ortho intramolecular Hbond substituents is 2. The maximum absolute atomic E-state index is 9.14. The Bertz CT molecular complexity index is 1070. The molecule has 5 aromatic carbocycles. The van der Waals surface area contributed by atoms with Crippen LogP contribution in [-0.4, -0.2) is 10.2 Å². The molecule has 5 rings (SSSR count). The molecule has 0 aliphatic carbocycles. The van der Waals surface area contributed by atoms with Crippen LogP contribution in [-0.2, 0) is 0 Å². The summed E-state index contributed by atoms with van der Waals surface area (Å²) in [5.41, 5.74) is 0. The van der Waals surface area contributed by atoms with Gasteiger partial charge in [0.05, 0.1) is 0 Å². The Morgan fingerprint density at radius 1 is 0.346 bits per heavy atom. The van der Waals surface area contributed by atoms with E-state index < -0.39 is 0 Å². The fraction of sp³-hybridized carbons (Fsp3) is 0. The van der Waals surface area contributed by atoms with Gasteiger partial charge in [-0.25, -0.2) is 0 Å². The molecule has 0 unspecified atom stereocenters. The fourth-order valence-electron chi connectivity index (χ4n) is 3.10. The second-order valence-corrected chi connectivity index (χ2v) is 6.26. The SMILES string of the molecule is Oc1ccc2ccc(O)cc2c1.c1ccc2cc3ccccc3cc2c1. The van der Waals surface area contributed by atoms with E-state index in [0.29, 0.717) is 0 Å². The van der Waals surface area contributed by atoms with E-state index in [4.69, 9.17) is 10.2 Å². The third-order valence-corrected chi connectivity index (χ3v) is 4.42. The van der Waals surface area contributed by atoms with Crippen LogP contribution in [0.2, 0.25) is 0 Å². The first-order valence-corrected chi connectivity index (χ1v) is 8.48. The summed E-state index contributed by atoms with van der Waals surface area (Å²) in [4.78, 5) is 0. The summed E-state index contributed by atoms with van der Waals surface area (Å²) in [5, 5.41) is 25.4. The van der Waals surface area contributed by atoms with Gasteiger partial charge in [-0.15, -0.1) is 0 Å². The average Bonchev–Trinajstić information content (AvgIpc) is 2.66. The van der Waals surface area contributed by atoms with Crippen molar-refractivity contribution in [3.63, 3.8) is 0 Å². The van der Waals surface area contributed by atoms with Crippen molar-refractivity contribution in [3.8, 4) is 11.5 Å². The van der Waals surface area contributed by atoms with Gasteiger partial charge in [0.15, 0.2) is 0 Å². The highest BCUT2D eigenvalue weighted by Gasteiger charge is 1.96. The summed E-state index contributed by atoms with van der Waals surface area (Å²) in [6, 6.07) is 31.5. The van der Waals surface area contributed by atoms with Gasteiger partial charge in [-0.05, 0) is 68.7 Å². The molecule has 0 radical (unpaired) electrons. The van der Waals surface area contributed by atoms with Crippen molar-refractivity contribution in [1.82, 2.24) is 0 Å². The summed E-state index contributed by atoms with van der Waals surface area (Å²) in [7, 11) is 0. The summed E-state index contributed by atoms with van der Waals surface area (Å²) in [6.07, 6.45) is 0. The summed E-state index contributed by atoms with van der Waals surface area (Å²) < 4.78 is 0. The predicted molar refractivity (Wildman–Crippen MR) is 109 cm³/mol. The van der Waals surface area contributed by atoms with Gasteiger partial charge in [-0.3, -0.25) is 0 Å². The lowest BCUT2D eigenvalue weighted by atomic mass is 10.0. The number of fused-ring (bicyclic) bond motifs is 3. The first kappa shape index (κ1) is 16.0. The molecule has 2 N–H and O–H groups in total. The Labute approximate surface area is 151 Å². The Balaban J connectivity index is 0.000000131. The molecule has 2 nitrogen and oxygen atoms in total. The minimum Gasteiger partial charge on any atom is -0.508 e. The van der Waals surface area contributed by atoms with E-state index in [2.05, 4.69) is 60.7 Å². The van der Waals surface area contributed by atoms with Crippen LogP contribution in [0.1, 0.15) is 0 Å². The molecule has 0 aliphatic rings. The van der Waals surface area contributed by atoms with Gasteiger partial charge in [0.2, 0.25) is 0 Å². The van der Waals surface area contributed by atoms with E-state index in [-0.39, 0.29) is 11.5 Å². The molecule has 2 heteroatoms. The minimum atomic E-state index is 0.216. The highest BCUT2D eigenvalue weighted by molar-refractivity contribution is 5.98. The van der Waals surface area contributed by atoms with Crippen molar-refractivity contribution in [3.05, 3.63) is 97.1 Å². The first-order valence-electron chi connectivity index (χ1n) is 8.48. The molecule has 0 amide bonds. The van der Waals surface area contributed by atoms with Crippen molar-refractivity contribution in [2.75, 3.05) is 0 Å². The highest BCUT2D eigenvalue weighted by Crippen LogP contribution is 2.23. The summed E-state index contributed by atoms with van der Waals surface area (Å²) >= 11 is 0. The van der Waals surface area contributed by atoms with Gasteiger partial charge in [0, 0.05) is 0 Å². The van der Waals surface area contributed by atoms with Gasteiger partial charge >= 0.3 is 0 Å². The van der Waals surface area contributed by atoms with Crippen molar-refractivity contribution in [2.45, 2.75) is 0 Å². The van der Waals surface area contributed by atoms with Crippen molar-refractivity contribution in [2.24, 2.45) is 0 Å². The Kier molecular flexibility index (Phi) is 4.16. The quantitative estimate of drug-likeness (QED) is 0.328.